The van der Waals surface area contributed by atoms with Crippen molar-refractivity contribution < 1.29 is 14.4 Å². The maximum absolute atomic E-state index is 13.5. The van der Waals surface area contributed by atoms with Crippen LogP contribution in [-0.4, -0.2) is 74.4 Å². The van der Waals surface area contributed by atoms with Crippen molar-refractivity contribution in [1.29, 1.82) is 0 Å². The Morgan fingerprint density at radius 2 is 1.70 bits per heavy atom. The standard InChI is InChI=1S/C35H32N8O3/c44-31-11-10-29(33(45)39-31)43-28-9-8-25(26-2-1-3-27(32(26)28)34(43)46)20-23-4-6-24(7-5-23)21-40-16-18-41(19-17-40)30-12-13-37-35(38-30)42-15-14-36-22-42/h1-9,12-15,22,29H,10-11,16-21H2,(H,39,44,45). The number of aromatic nitrogens is 4. The average molecular weight is 613 g/mol. The molecule has 5 aromatic rings. The summed E-state index contributed by atoms with van der Waals surface area (Å²) < 4.78 is 1.81. The number of piperidine rings is 1. The molecule has 8 rings (SSSR count). The van der Waals surface area contributed by atoms with Crippen LogP contribution in [0.3, 0.4) is 0 Å². The number of benzene rings is 3. The predicted molar refractivity (Wildman–Crippen MR) is 173 cm³/mol. The van der Waals surface area contributed by atoms with Gasteiger partial charge in [-0.25, -0.2) is 9.97 Å². The van der Waals surface area contributed by atoms with E-state index in [1.54, 1.807) is 23.6 Å². The number of imidazole rings is 1. The van der Waals surface area contributed by atoms with Gasteiger partial charge in [-0.1, -0.05) is 42.5 Å². The van der Waals surface area contributed by atoms with E-state index < -0.39 is 11.9 Å². The summed E-state index contributed by atoms with van der Waals surface area (Å²) in [4.78, 5) is 57.4. The molecule has 46 heavy (non-hydrogen) atoms. The Morgan fingerprint density at radius 1 is 0.870 bits per heavy atom. The van der Waals surface area contributed by atoms with E-state index in [0.717, 1.165) is 67.0 Å². The lowest BCUT2D eigenvalue weighted by molar-refractivity contribution is -0.134. The molecule has 5 heterocycles. The fraction of sp³-hybridized carbons (Fsp3) is 0.257. The molecule has 0 saturated carbocycles. The molecule has 3 aromatic carbocycles. The second kappa shape index (κ2) is 11.5. The Balaban J connectivity index is 0.930. The number of anilines is 2. The first kappa shape index (κ1) is 28.1. The van der Waals surface area contributed by atoms with Crippen LogP contribution in [0.2, 0.25) is 0 Å². The number of amides is 3. The molecule has 2 aromatic heterocycles. The topological polar surface area (TPSA) is 117 Å². The molecule has 1 unspecified atom stereocenters. The molecule has 11 heteroatoms. The van der Waals surface area contributed by atoms with Crippen LogP contribution < -0.4 is 15.1 Å². The lowest BCUT2D eigenvalue weighted by Gasteiger charge is -2.35. The Bertz CT molecular complexity index is 1970. The second-order valence-corrected chi connectivity index (χ2v) is 12.1. The largest absolute Gasteiger partial charge is 0.354 e. The van der Waals surface area contributed by atoms with Crippen LogP contribution in [0.25, 0.3) is 16.7 Å². The predicted octanol–water partition coefficient (Wildman–Crippen LogP) is 3.49. The van der Waals surface area contributed by atoms with Gasteiger partial charge in [0.1, 0.15) is 18.2 Å². The fourth-order valence-corrected chi connectivity index (χ4v) is 6.85. The summed E-state index contributed by atoms with van der Waals surface area (Å²) >= 11 is 0. The summed E-state index contributed by atoms with van der Waals surface area (Å²) in [6.45, 7) is 4.57. The average Bonchev–Trinajstić information content (AvgIpc) is 3.72. The third kappa shape index (κ3) is 5.08. The molecular weight excluding hydrogens is 580 g/mol. The van der Waals surface area contributed by atoms with E-state index in [-0.39, 0.29) is 18.2 Å². The van der Waals surface area contributed by atoms with Crippen molar-refractivity contribution in [2.24, 2.45) is 0 Å². The first-order valence-corrected chi connectivity index (χ1v) is 15.6. The molecule has 1 N–H and O–H groups in total. The lowest BCUT2D eigenvalue weighted by atomic mass is 9.95. The van der Waals surface area contributed by atoms with Crippen molar-refractivity contribution in [3.05, 3.63) is 108 Å². The van der Waals surface area contributed by atoms with Gasteiger partial charge in [0.2, 0.25) is 17.8 Å². The molecule has 3 aliphatic rings. The third-order valence-electron chi connectivity index (χ3n) is 9.22. The lowest BCUT2D eigenvalue weighted by Crippen LogP contribution is -2.53. The molecule has 11 nitrogen and oxygen atoms in total. The summed E-state index contributed by atoms with van der Waals surface area (Å²) in [6, 6.07) is 19.9. The van der Waals surface area contributed by atoms with Crippen LogP contribution in [0.4, 0.5) is 11.5 Å². The van der Waals surface area contributed by atoms with Crippen LogP contribution >= 0.6 is 0 Å². The van der Waals surface area contributed by atoms with Gasteiger partial charge in [0.05, 0.1) is 5.69 Å². The van der Waals surface area contributed by atoms with Gasteiger partial charge in [0, 0.05) is 68.7 Å². The minimum Gasteiger partial charge on any atom is -0.354 e. The zero-order valence-electron chi connectivity index (χ0n) is 25.2. The van der Waals surface area contributed by atoms with Gasteiger partial charge in [0.15, 0.2) is 0 Å². The quantitative estimate of drug-likeness (QED) is 0.278. The Kier molecular flexibility index (Phi) is 7.02. The van der Waals surface area contributed by atoms with Crippen molar-refractivity contribution in [3.8, 4) is 5.95 Å². The summed E-state index contributed by atoms with van der Waals surface area (Å²) in [5, 5.41) is 4.29. The number of rotatable bonds is 7. The highest BCUT2D eigenvalue weighted by atomic mass is 16.2. The van der Waals surface area contributed by atoms with E-state index in [2.05, 4.69) is 55.4 Å². The number of hydrogen-bond donors (Lipinski definition) is 1. The zero-order chi connectivity index (χ0) is 31.2. The van der Waals surface area contributed by atoms with Gasteiger partial charge in [-0.05, 0) is 53.1 Å². The number of imide groups is 1. The normalized spacial score (nSPS) is 18.4. The monoisotopic (exact) mass is 612 g/mol. The molecule has 2 fully saturated rings. The van der Waals surface area contributed by atoms with Crippen molar-refractivity contribution in [2.45, 2.75) is 31.8 Å². The van der Waals surface area contributed by atoms with Crippen LogP contribution in [-0.2, 0) is 22.6 Å². The Labute approximate surface area is 265 Å². The van der Waals surface area contributed by atoms with E-state index >= 15 is 0 Å². The smallest absolute Gasteiger partial charge is 0.259 e. The molecule has 1 atom stereocenters. The van der Waals surface area contributed by atoms with E-state index in [1.807, 2.05) is 41.1 Å². The van der Waals surface area contributed by atoms with Crippen LogP contribution in [0.1, 0.15) is 39.9 Å². The number of piperazine rings is 1. The first-order chi connectivity index (χ1) is 22.5. The van der Waals surface area contributed by atoms with E-state index in [9.17, 15) is 14.4 Å². The number of hydrogen-bond acceptors (Lipinski definition) is 8. The highest BCUT2D eigenvalue weighted by molar-refractivity contribution is 6.27. The number of carbonyl (C=O) groups is 3. The van der Waals surface area contributed by atoms with Crippen LogP contribution in [0.5, 0.6) is 0 Å². The second-order valence-electron chi connectivity index (χ2n) is 12.1. The number of nitrogens with one attached hydrogen (secondary N) is 1. The first-order valence-electron chi connectivity index (χ1n) is 15.6. The Hall–Kier alpha value is -5.42. The summed E-state index contributed by atoms with van der Waals surface area (Å²) in [5.74, 6) is 0.659. The van der Waals surface area contributed by atoms with Crippen LogP contribution in [0, 0.1) is 0 Å². The maximum atomic E-state index is 13.5. The molecule has 2 saturated heterocycles. The van der Waals surface area contributed by atoms with Crippen molar-refractivity contribution in [1.82, 2.24) is 29.7 Å². The summed E-state index contributed by atoms with van der Waals surface area (Å²) in [6.07, 6.45) is 8.34. The van der Waals surface area contributed by atoms with Crippen molar-refractivity contribution in [3.63, 3.8) is 0 Å². The van der Waals surface area contributed by atoms with Gasteiger partial charge in [0.25, 0.3) is 5.91 Å². The van der Waals surface area contributed by atoms with Gasteiger partial charge in [-0.3, -0.25) is 34.1 Å². The molecule has 0 bridgehead atoms. The van der Waals surface area contributed by atoms with E-state index in [1.165, 1.54) is 11.1 Å². The molecule has 0 spiro atoms. The molecule has 230 valence electrons. The minimum atomic E-state index is -0.685. The molecular formula is C35H32N8O3. The maximum Gasteiger partial charge on any atom is 0.259 e. The highest BCUT2D eigenvalue weighted by Gasteiger charge is 2.40. The molecule has 3 aliphatic heterocycles. The van der Waals surface area contributed by atoms with Gasteiger partial charge < -0.3 is 4.90 Å². The third-order valence-corrected chi connectivity index (χ3v) is 9.22. The summed E-state index contributed by atoms with van der Waals surface area (Å²) in [5.41, 5.74) is 4.93. The van der Waals surface area contributed by atoms with Gasteiger partial charge >= 0.3 is 0 Å². The number of nitrogens with zero attached hydrogens (tertiary/aromatic N) is 7. The highest BCUT2D eigenvalue weighted by Crippen LogP contribution is 2.41. The van der Waals surface area contributed by atoms with Gasteiger partial charge in [-0.2, -0.15) is 4.98 Å². The van der Waals surface area contributed by atoms with Crippen LogP contribution in [0.15, 0.2) is 85.6 Å². The zero-order valence-corrected chi connectivity index (χ0v) is 25.2. The molecule has 3 amide bonds. The number of carbonyl (C=O) groups excluding carboxylic acids is 3. The van der Waals surface area contributed by atoms with Gasteiger partial charge in [-0.15, -0.1) is 0 Å². The fourth-order valence-electron chi connectivity index (χ4n) is 6.85. The molecule has 0 radical (unpaired) electrons. The van der Waals surface area contributed by atoms with Crippen molar-refractivity contribution >= 4 is 40.0 Å². The minimum absolute atomic E-state index is 0.186. The SMILES string of the molecule is O=C1CCC(N2C(=O)c3cccc4c(Cc5ccc(CN6CCN(c7ccnc(-n8ccnc8)n7)CC6)cc5)ccc2c34)C(=O)N1. The Morgan fingerprint density at radius 3 is 2.48 bits per heavy atom. The molecule has 0 aliphatic carbocycles. The van der Waals surface area contributed by atoms with E-state index in [4.69, 9.17) is 4.98 Å². The summed E-state index contributed by atoms with van der Waals surface area (Å²) in [7, 11) is 0. The van der Waals surface area contributed by atoms with Crippen molar-refractivity contribution in [2.75, 3.05) is 36.0 Å². The van der Waals surface area contributed by atoms with E-state index in [0.29, 0.717) is 17.9 Å².